The van der Waals surface area contributed by atoms with Crippen LogP contribution in [0.4, 0.5) is 0 Å². The van der Waals surface area contributed by atoms with Gasteiger partial charge in [-0.15, -0.1) is 0 Å². The molecular weight excluding hydrogens is 220 g/mol. The van der Waals surface area contributed by atoms with Gasteiger partial charge < -0.3 is 14.2 Å². The summed E-state index contributed by atoms with van der Waals surface area (Å²) in [6, 6.07) is 6.75. The van der Waals surface area contributed by atoms with Gasteiger partial charge in [0.15, 0.2) is 0 Å². The summed E-state index contributed by atoms with van der Waals surface area (Å²) in [5.41, 5.74) is 0.497. The topological polar surface area (TPSA) is 44.8 Å². The number of allylic oxidation sites excluding steroid dienone is 1. The Morgan fingerprint density at radius 2 is 1.94 bits per heavy atom. The number of ether oxygens (including phenoxy) is 3. The van der Waals surface area contributed by atoms with Crippen molar-refractivity contribution in [2.75, 3.05) is 20.3 Å². The van der Waals surface area contributed by atoms with E-state index in [4.69, 9.17) is 14.2 Å². The van der Waals surface area contributed by atoms with Gasteiger partial charge in [0, 0.05) is 0 Å². The molecule has 1 rings (SSSR count). The van der Waals surface area contributed by atoms with E-state index in [0.717, 1.165) is 0 Å². The zero-order valence-electron chi connectivity index (χ0n) is 10.0. The number of hydrogen-bond donors (Lipinski definition) is 0. The summed E-state index contributed by atoms with van der Waals surface area (Å²) in [4.78, 5) is 11.5. The molecule has 0 N–H and O–H groups in total. The molecule has 17 heavy (non-hydrogen) atoms. The van der Waals surface area contributed by atoms with Gasteiger partial charge in [0.25, 0.3) is 0 Å². The van der Waals surface area contributed by atoms with E-state index in [-0.39, 0.29) is 12.6 Å². The lowest BCUT2D eigenvalue weighted by atomic mass is 10.2. The molecule has 0 radical (unpaired) electrons. The SMILES string of the molecule is CC=COCCOC(=O)c1ccc(OC)cc1. The van der Waals surface area contributed by atoms with Crippen molar-refractivity contribution >= 4 is 5.97 Å². The molecule has 0 atom stereocenters. The van der Waals surface area contributed by atoms with Crippen LogP contribution in [0.3, 0.4) is 0 Å². The average molecular weight is 236 g/mol. The first-order valence-corrected chi connectivity index (χ1v) is 5.32. The Morgan fingerprint density at radius 3 is 2.53 bits per heavy atom. The van der Waals surface area contributed by atoms with E-state index in [9.17, 15) is 4.79 Å². The minimum absolute atomic E-state index is 0.231. The molecule has 0 heterocycles. The highest BCUT2D eigenvalue weighted by Gasteiger charge is 2.06. The van der Waals surface area contributed by atoms with Crippen molar-refractivity contribution in [2.45, 2.75) is 6.92 Å². The van der Waals surface area contributed by atoms with Crippen molar-refractivity contribution in [3.8, 4) is 5.75 Å². The summed E-state index contributed by atoms with van der Waals surface area (Å²) in [5, 5.41) is 0. The Labute approximate surface area is 101 Å². The normalized spacial score (nSPS) is 10.2. The first-order chi connectivity index (χ1) is 8.27. The molecule has 92 valence electrons. The van der Waals surface area contributed by atoms with Crippen LogP contribution in [-0.2, 0) is 9.47 Å². The Bertz CT molecular complexity index is 368. The van der Waals surface area contributed by atoms with Crippen molar-refractivity contribution in [3.63, 3.8) is 0 Å². The summed E-state index contributed by atoms with van der Waals surface area (Å²) < 4.78 is 15.0. The second kappa shape index (κ2) is 7.33. The van der Waals surface area contributed by atoms with Crippen LogP contribution in [0.2, 0.25) is 0 Å². The van der Waals surface area contributed by atoms with Crippen LogP contribution >= 0.6 is 0 Å². The molecule has 0 aliphatic heterocycles. The monoisotopic (exact) mass is 236 g/mol. The second-order valence-electron chi connectivity index (χ2n) is 3.20. The molecule has 1 aromatic carbocycles. The number of carbonyl (C=O) groups is 1. The average Bonchev–Trinajstić information content (AvgIpc) is 2.38. The first-order valence-electron chi connectivity index (χ1n) is 5.32. The van der Waals surface area contributed by atoms with Gasteiger partial charge >= 0.3 is 5.97 Å². The number of benzene rings is 1. The highest BCUT2D eigenvalue weighted by molar-refractivity contribution is 5.89. The van der Waals surface area contributed by atoms with Gasteiger partial charge in [0.2, 0.25) is 0 Å². The summed E-state index contributed by atoms with van der Waals surface area (Å²) >= 11 is 0. The van der Waals surface area contributed by atoms with Crippen molar-refractivity contribution in [1.29, 1.82) is 0 Å². The van der Waals surface area contributed by atoms with Crippen LogP contribution in [0.25, 0.3) is 0 Å². The van der Waals surface area contributed by atoms with Gasteiger partial charge in [-0.05, 0) is 31.2 Å². The molecule has 0 amide bonds. The van der Waals surface area contributed by atoms with Crippen molar-refractivity contribution in [2.24, 2.45) is 0 Å². The van der Waals surface area contributed by atoms with Gasteiger partial charge in [-0.2, -0.15) is 0 Å². The number of rotatable bonds is 6. The van der Waals surface area contributed by atoms with Crippen LogP contribution in [0, 0.1) is 0 Å². The summed E-state index contributed by atoms with van der Waals surface area (Å²) in [5.74, 6) is 0.342. The lowest BCUT2D eigenvalue weighted by molar-refractivity contribution is 0.0420. The number of esters is 1. The van der Waals surface area contributed by atoms with Crippen LogP contribution < -0.4 is 4.74 Å². The Hall–Kier alpha value is -1.97. The van der Waals surface area contributed by atoms with Crippen molar-refractivity contribution in [3.05, 3.63) is 42.2 Å². The Morgan fingerprint density at radius 1 is 1.24 bits per heavy atom. The van der Waals surface area contributed by atoms with Gasteiger partial charge in [0.05, 0.1) is 18.9 Å². The molecule has 0 spiro atoms. The summed E-state index contributed by atoms with van der Waals surface area (Å²) in [7, 11) is 1.58. The van der Waals surface area contributed by atoms with Gasteiger partial charge in [-0.1, -0.05) is 6.08 Å². The highest BCUT2D eigenvalue weighted by atomic mass is 16.6. The van der Waals surface area contributed by atoms with E-state index in [1.54, 1.807) is 43.7 Å². The van der Waals surface area contributed by atoms with Crippen molar-refractivity contribution < 1.29 is 19.0 Å². The molecule has 4 nitrogen and oxygen atoms in total. The maximum Gasteiger partial charge on any atom is 0.338 e. The third-order valence-corrected chi connectivity index (χ3v) is 1.99. The van der Waals surface area contributed by atoms with E-state index in [0.29, 0.717) is 17.9 Å². The lowest BCUT2D eigenvalue weighted by Gasteiger charge is -2.05. The molecule has 0 aliphatic carbocycles. The fourth-order valence-corrected chi connectivity index (χ4v) is 1.16. The van der Waals surface area contributed by atoms with E-state index in [2.05, 4.69) is 0 Å². The molecule has 0 saturated carbocycles. The molecular formula is C13H16O4. The zero-order valence-corrected chi connectivity index (χ0v) is 10.0. The molecule has 0 fully saturated rings. The molecule has 1 aromatic rings. The minimum Gasteiger partial charge on any atom is -0.498 e. The van der Waals surface area contributed by atoms with Crippen LogP contribution in [0.15, 0.2) is 36.6 Å². The third kappa shape index (κ3) is 4.59. The maximum absolute atomic E-state index is 11.5. The van der Waals surface area contributed by atoms with Gasteiger partial charge in [0.1, 0.15) is 19.0 Å². The number of hydrogen-bond acceptors (Lipinski definition) is 4. The fourth-order valence-electron chi connectivity index (χ4n) is 1.16. The van der Waals surface area contributed by atoms with Gasteiger partial charge in [-0.25, -0.2) is 4.79 Å². The Kier molecular flexibility index (Phi) is 5.64. The molecule has 0 unspecified atom stereocenters. The van der Waals surface area contributed by atoms with E-state index in [1.165, 1.54) is 0 Å². The van der Waals surface area contributed by atoms with E-state index in [1.807, 2.05) is 6.92 Å². The van der Waals surface area contributed by atoms with Crippen LogP contribution in [0.5, 0.6) is 5.75 Å². The third-order valence-electron chi connectivity index (χ3n) is 1.99. The standard InChI is InChI=1S/C13H16O4/c1-3-8-16-9-10-17-13(14)11-4-6-12(15-2)7-5-11/h3-8H,9-10H2,1-2H3. The predicted molar refractivity (Wildman–Crippen MR) is 64.0 cm³/mol. The molecule has 0 aromatic heterocycles. The summed E-state index contributed by atoms with van der Waals surface area (Å²) in [6.07, 6.45) is 3.33. The second-order valence-corrected chi connectivity index (χ2v) is 3.20. The van der Waals surface area contributed by atoms with Gasteiger partial charge in [-0.3, -0.25) is 0 Å². The summed E-state index contributed by atoms with van der Waals surface area (Å²) in [6.45, 7) is 2.44. The van der Waals surface area contributed by atoms with Crippen LogP contribution in [-0.4, -0.2) is 26.3 Å². The van der Waals surface area contributed by atoms with Crippen LogP contribution in [0.1, 0.15) is 17.3 Å². The molecule has 0 bridgehead atoms. The molecule has 0 aliphatic rings. The quantitative estimate of drug-likeness (QED) is 0.432. The minimum atomic E-state index is -0.364. The molecule has 0 saturated heterocycles. The largest absolute Gasteiger partial charge is 0.498 e. The fraction of sp³-hybridized carbons (Fsp3) is 0.308. The maximum atomic E-state index is 11.5. The van der Waals surface area contributed by atoms with E-state index >= 15 is 0 Å². The predicted octanol–water partition coefficient (Wildman–Crippen LogP) is 2.40. The number of carbonyl (C=O) groups excluding carboxylic acids is 1. The molecule has 4 heteroatoms. The zero-order chi connectivity index (χ0) is 12.5. The first kappa shape index (κ1) is 13.1. The smallest absolute Gasteiger partial charge is 0.338 e. The highest BCUT2D eigenvalue weighted by Crippen LogP contribution is 2.11. The number of methoxy groups -OCH3 is 1. The van der Waals surface area contributed by atoms with E-state index < -0.39 is 0 Å². The Balaban J connectivity index is 2.36. The lowest BCUT2D eigenvalue weighted by Crippen LogP contribution is -2.09. The van der Waals surface area contributed by atoms with Crippen molar-refractivity contribution in [1.82, 2.24) is 0 Å².